The SMILES string of the molecule is CCNCc1csc(S(=O)(=O)N(C)CC(F)F)c1. The van der Waals surface area contributed by atoms with Crippen molar-refractivity contribution in [3.05, 3.63) is 17.0 Å². The maximum atomic E-state index is 12.2. The van der Waals surface area contributed by atoms with Gasteiger partial charge in [0.15, 0.2) is 0 Å². The van der Waals surface area contributed by atoms with Gasteiger partial charge in [0, 0.05) is 13.6 Å². The highest BCUT2D eigenvalue weighted by atomic mass is 32.2. The molecule has 0 radical (unpaired) electrons. The van der Waals surface area contributed by atoms with Gasteiger partial charge in [-0.25, -0.2) is 17.2 Å². The zero-order chi connectivity index (χ0) is 13.8. The van der Waals surface area contributed by atoms with Crippen LogP contribution in [0.15, 0.2) is 15.7 Å². The van der Waals surface area contributed by atoms with Crippen LogP contribution in [0.25, 0.3) is 0 Å². The lowest BCUT2D eigenvalue weighted by Crippen LogP contribution is -2.30. The first-order chi connectivity index (χ1) is 8.37. The van der Waals surface area contributed by atoms with E-state index in [1.165, 1.54) is 6.07 Å². The first-order valence-electron chi connectivity index (χ1n) is 5.40. The van der Waals surface area contributed by atoms with Crippen molar-refractivity contribution in [2.24, 2.45) is 0 Å². The van der Waals surface area contributed by atoms with Gasteiger partial charge in [-0.3, -0.25) is 0 Å². The van der Waals surface area contributed by atoms with E-state index in [1.54, 1.807) is 5.38 Å². The Balaban J connectivity index is 2.81. The number of rotatable bonds is 7. The Hall–Kier alpha value is -0.570. The van der Waals surface area contributed by atoms with Crippen LogP contribution < -0.4 is 5.32 Å². The van der Waals surface area contributed by atoms with Gasteiger partial charge < -0.3 is 5.32 Å². The van der Waals surface area contributed by atoms with Gasteiger partial charge in [-0.05, 0) is 23.6 Å². The molecule has 0 unspecified atom stereocenters. The van der Waals surface area contributed by atoms with Crippen LogP contribution in [0.3, 0.4) is 0 Å². The molecule has 0 aliphatic carbocycles. The van der Waals surface area contributed by atoms with E-state index in [1.807, 2.05) is 6.92 Å². The zero-order valence-electron chi connectivity index (χ0n) is 10.2. The second-order valence-corrected chi connectivity index (χ2v) is 6.91. The zero-order valence-corrected chi connectivity index (χ0v) is 11.8. The molecule has 1 N–H and O–H groups in total. The standard InChI is InChI=1S/C10H16F2N2O2S2/c1-3-13-5-8-4-10(17-7-8)18(15,16)14(2)6-9(11)12/h4,7,9,13H,3,5-6H2,1-2H3. The average molecular weight is 298 g/mol. The predicted octanol–water partition coefficient (Wildman–Crippen LogP) is 1.74. The molecule has 4 nitrogen and oxygen atoms in total. The van der Waals surface area contributed by atoms with Gasteiger partial charge in [-0.1, -0.05) is 6.92 Å². The molecule has 8 heteroatoms. The maximum absolute atomic E-state index is 12.2. The van der Waals surface area contributed by atoms with E-state index in [0.29, 0.717) is 10.8 Å². The smallest absolute Gasteiger partial charge is 0.252 e. The molecule has 0 aliphatic rings. The summed E-state index contributed by atoms with van der Waals surface area (Å²) in [7, 11) is -2.64. The Morgan fingerprint density at radius 1 is 1.50 bits per heavy atom. The molecule has 0 bridgehead atoms. The number of hydrogen-bond donors (Lipinski definition) is 1. The van der Waals surface area contributed by atoms with Crippen molar-refractivity contribution >= 4 is 21.4 Å². The van der Waals surface area contributed by atoms with Crippen LogP contribution in [-0.2, 0) is 16.6 Å². The van der Waals surface area contributed by atoms with Gasteiger partial charge in [-0.2, -0.15) is 4.31 Å². The minimum atomic E-state index is -3.79. The number of sulfonamides is 1. The highest BCUT2D eigenvalue weighted by Gasteiger charge is 2.25. The normalized spacial score (nSPS) is 12.6. The van der Waals surface area contributed by atoms with Crippen LogP contribution in [0.1, 0.15) is 12.5 Å². The molecule has 0 amide bonds. The van der Waals surface area contributed by atoms with Crippen molar-refractivity contribution in [2.45, 2.75) is 24.1 Å². The summed E-state index contributed by atoms with van der Waals surface area (Å²) < 4.78 is 49.0. The molecule has 0 aliphatic heterocycles. The second-order valence-electron chi connectivity index (χ2n) is 3.73. The largest absolute Gasteiger partial charge is 0.313 e. The Kier molecular flexibility index (Phi) is 5.64. The lowest BCUT2D eigenvalue weighted by atomic mass is 10.3. The summed E-state index contributed by atoms with van der Waals surface area (Å²) in [5.74, 6) is 0. The van der Waals surface area contributed by atoms with E-state index in [9.17, 15) is 17.2 Å². The third-order valence-corrected chi connectivity index (χ3v) is 5.56. The average Bonchev–Trinajstić information content (AvgIpc) is 2.74. The van der Waals surface area contributed by atoms with Crippen molar-refractivity contribution in [1.29, 1.82) is 0 Å². The Labute approximate surface area is 110 Å². The highest BCUT2D eigenvalue weighted by Crippen LogP contribution is 2.23. The van der Waals surface area contributed by atoms with Crippen LogP contribution in [-0.4, -0.2) is 39.3 Å². The summed E-state index contributed by atoms with van der Waals surface area (Å²) in [5, 5.41) is 4.78. The highest BCUT2D eigenvalue weighted by molar-refractivity contribution is 7.91. The lowest BCUT2D eigenvalue weighted by molar-refractivity contribution is 0.126. The molecule has 0 atom stereocenters. The van der Waals surface area contributed by atoms with Crippen LogP contribution in [0.2, 0.25) is 0 Å². The number of hydrogen-bond acceptors (Lipinski definition) is 4. The van der Waals surface area contributed by atoms with E-state index < -0.39 is 23.0 Å². The fraction of sp³-hybridized carbons (Fsp3) is 0.600. The molecule has 0 fully saturated rings. The molecule has 1 heterocycles. The monoisotopic (exact) mass is 298 g/mol. The van der Waals surface area contributed by atoms with Gasteiger partial charge in [0.2, 0.25) is 0 Å². The third-order valence-electron chi connectivity index (χ3n) is 2.27. The lowest BCUT2D eigenvalue weighted by Gasteiger charge is -2.14. The Bertz CT molecular complexity index is 474. The van der Waals surface area contributed by atoms with Gasteiger partial charge >= 0.3 is 0 Å². The van der Waals surface area contributed by atoms with E-state index in [-0.39, 0.29) is 4.21 Å². The Morgan fingerprint density at radius 3 is 2.72 bits per heavy atom. The fourth-order valence-corrected chi connectivity index (χ4v) is 3.86. The second kappa shape index (κ2) is 6.55. The number of nitrogens with zero attached hydrogens (tertiary/aromatic N) is 1. The molecule has 0 spiro atoms. The topological polar surface area (TPSA) is 49.4 Å². The molecule has 18 heavy (non-hydrogen) atoms. The molecule has 104 valence electrons. The third kappa shape index (κ3) is 3.98. The summed E-state index contributed by atoms with van der Waals surface area (Å²) in [6.45, 7) is 2.51. The van der Waals surface area contributed by atoms with Gasteiger partial charge in [0.25, 0.3) is 16.4 Å². The summed E-state index contributed by atoms with van der Waals surface area (Å²) in [6, 6.07) is 1.52. The van der Waals surface area contributed by atoms with Crippen molar-refractivity contribution in [2.75, 3.05) is 20.1 Å². The van der Waals surface area contributed by atoms with Gasteiger partial charge in [0.05, 0.1) is 6.54 Å². The van der Waals surface area contributed by atoms with Crippen molar-refractivity contribution in [3.63, 3.8) is 0 Å². The quantitative estimate of drug-likeness (QED) is 0.834. The van der Waals surface area contributed by atoms with E-state index in [2.05, 4.69) is 5.32 Å². The van der Waals surface area contributed by atoms with E-state index in [0.717, 1.165) is 30.5 Å². The van der Waals surface area contributed by atoms with Crippen LogP contribution >= 0.6 is 11.3 Å². The van der Waals surface area contributed by atoms with E-state index >= 15 is 0 Å². The number of nitrogens with one attached hydrogen (secondary N) is 1. The molecule has 0 aromatic carbocycles. The number of halogens is 2. The van der Waals surface area contributed by atoms with Crippen molar-refractivity contribution in [1.82, 2.24) is 9.62 Å². The van der Waals surface area contributed by atoms with Crippen molar-refractivity contribution < 1.29 is 17.2 Å². The van der Waals surface area contributed by atoms with Crippen LogP contribution in [0, 0.1) is 0 Å². The van der Waals surface area contributed by atoms with Crippen molar-refractivity contribution in [3.8, 4) is 0 Å². The molecule has 1 rings (SSSR count). The molecule has 0 saturated carbocycles. The molecular weight excluding hydrogens is 282 g/mol. The summed E-state index contributed by atoms with van der Waals surface area (Å²) in [4.78, 5) is 0. The van der Waals surface area contributed by atoms with Gasteiger partial charge in [0.1, 0.15) is 4.21 Å². The van der Waals surface area contributed by atoms with Crippen LogP contribution in [0.4, 0.5) is 8.78 Å². The van der Waals surface area contributed by atoms with Crippen LogP contribution in [0.5, 0.6) is 0 Å². The molecular formula is C10H16F2N2O2S2. The number of alkyl halides is 2. The minimum absolute atomic E-state index is 0.0959. The predicted molar refractivity (Wildman–Crippen MR) is 67.5 cm³/mol. The van der Waals surface area contributed by atoms with E-state index in [4.69, 9.17) is 0 Å². The maximum Gasteiger partial charge on any atom is 0.252 e. The summed E-state index contributed by atoms with van der Waals surface area (Å²) in [6.07, 6.45) is -2.68. The molecule has 1 aromatic heterocycles. The number of thiophene rings is 1. The summed E-state index contributed by atoms with van der Waals surface area (Å²) >= 11 is 1.05. The molecule has 1 aromatic rings. The summed E-state index contributed by atoms with van der Waals surface area (Å²) in [5.41, 5.74) is 0.839. The van der Waals surface area contributed by atoms with Gasteiger partial charge in [-0.15, -0.1) is 11.3 Å². The Morgan fingerprint density at radius 2 is 2.17 bits per heavy atom. The molecule has 0 saturated heterocycles. The first-order valence-corrected chi connectivity index (χ1v) is 7.72. The first kappa shape index (κ1) is 15.5. The fourth-order valence-electron chi connectivity index (χ4n) is 1.30. The minimum Gasteiger partial charge on any atom is -0.313 e.